The van der Waals surface area contributed by atoms with Gasteiger partial charge in [-0.25, -0.2) is 0 Å². The molecule has 0 spiro atoms. The van der Waals surface area contributed by atoms with Gasteiger partial charge < -0.3 is 24.3 Å². The van der Waals surface area contributed by atoms with Crippen LogP contribution in [0.4, 0.5) is 0 Å². The standard InChI is InChI=1S/C25H36N2O6/c1-4-6-7-8-9-10-13-33-16-11-12-19-17(14-16)20-18(15-31-3)21(25(30)32-5-2)27-23(24(28)29)22(20)26-19/h11-12,14,18,21,23,26-27H,4-10,13,15H2,1-3H3,(H,28,29). The molecule has 0 aliphatic carbocycles. The normalized spacial score (nSPS) is 19.9. The van der Waals surface area contributed by atoms with Gasteiger partial charge in [0.25, 0.3) is 0 Å². The number of rotatable bonds is 13. The number of H-pyrrole nitrogens is 1. The number of carboxylic acid groups (broad SMARTS) is 1. The molecule has 3 atom stereocenters. The summed E-state index contributed by atoms with van der Waals surface area (Å²) >= 11 is 0. The van der Waals surface area contributed by atoms with E-state index in [0.29, 0.717) is 12.3 Å². The van der Waals surface area contributed by atoms with Crippen LogP contribution in [0.1, 0.15) is 75.6 Å². The molecule has 1 aliphatic rings. The molecule has 0 saturated heterocycles. The number of fused-ring (bicyclic) bond motifs is 3. The molecule has 1 aromatic carbocycles. The van der Waals surface area contributed by atoms with E-state index in [4.69, 9.17) is 14.2 Å². The number of hydrogen-bond donors (Lipinski definition) is 3. The predicted octanol–water partition coefficient (Wildman–Crippen LogP) is 4.30. The molecule has 1 aliphatic heterocycles. The molecule has 3 rings (SSSR count). The zero-order valence-electron chi connectivity index (χ0n) is 19.8. The molecule has 3 N–H and O–H groups in total. The lowest BCUT2D eigenvalue weighted by molar-refractivity contribution is -0.148. The van der Waals surface area contributed by atoms with Crippen molar-refractivity contribution in [3.05, 3.63) is 29.5 Å². The minimum atomic E-state index is -1.06. The summed E-state index contributed by atoms with van der Waals surface area (Å²) in [6.07, 6.45) is 7.13. The molecule has 33 heavy (non-hydrogen) atoms. The predicted molar refractivity (Wildman–Crippen MR) is 126 cm³/mol. The molecule has 0 saturated carbocycles. The number of nitrogens with one attached hydrogen (secondary N) is 2. The Morgan fingerprint density at radius 2 is 1.85 bits per heavy atom. The quantitative estimate of drug-likeness (QED) is 0.302. The topological polar surface area (TPSA) is 110 Å². The van der Waals surface area contributed by atoms with Gasteiger partial charge in [0, 0.05) is 29.6 Å². The van der Waals surface area contributed by atoms with Crippen molar-refractivity contribution in [2.45, 2.75) is 70.4 Å². The number of benzene rings is 1. The van der Waals surface area contributed by atoms with Crippen molar-refractivity contribution in [2.75, 3.05) is 26.9 Å². The molecular weight excluding hydrogens is 424 g/mol. The van der Waals surface area contributed by atoms with E-state index in [2.05, 4.69) is 17.2 Å². The van der Waals surface area contributed by atoms with Crippen LogP contribution in [0, 0.1) is 0 Å². The third-order valence-electron chi connectivity index (χ3n) is 6.15. The largest absolute Gasteiger partial charge is 0.494 e. The second-order valence-electron chi connectivity index (χ2n) is 8.51. The Morgan fingerprint density at radius 3 is 2.55 bits per heavy atom. The van der Waals surface area contributed by atoms with E-state index in [1.54, 1.807) is 14.0 Å². The SMILES string of the molecule is CCCCCCCCOc1ccc2[nH]c3c(c2c1)C(COC)C(C(=O)OCC)NC3C(=O)O. The van der Waals surface area contributed by atoms with Gasteiger partial charge in [-0.3, -0.25) is 14.9 Å². The molecule has 0 radical (unpaired) electrons. The molecule has 8 heteroatoms. The van der Waals surface area contributed by atoms with E-state index >= 15 is 0 Å². The van der Waals surface area contributed by atoms with E-state index in [1.165, 1.54) is 25.7 Å². The van der Waals surface area contributed by atoms with Crippen molar-refractivity contribution in [3.8, 4) is 5.75 Å². The van der Waals surface area contributed by atoms with Crippen LogP contribution >= 0.6 is 0 Å². The van der Waals surface area contributed by atoms with Gasteiger partial charge in [-0.05, 0) is 37.1 Å². The third kappa shape index (κ3) is 5.86. The molecule has 2 heterocycles. The highest BCUT2D eigenvalue weighted by Gasteiger charge is 2.44. The van der Waals surface area contributed by atoms with Gasteiger partial charge in [-0.1, -0.05) is 39.0 Å². The molecular formula is C25H36N2O6. The van der Waals surface area contributed by atoms with Crippen molar-refractivity contribution < 1.29 is 28.9 Å². The average Bonchev–Trinajstić information content (AvgIpc) is 3.17. The van der Waals surface area contributed by atoms with E-state index < -0.39 is 29.9 Å². The maximum atomic E-state index is 12.7. The molecule has 182 valence electrons. The number of carboxylic acids is 1. The minimum absolute atomic E-state index is 0.214. The van der Waals surface area contributed by atoms with E-state index in [9.17, 15) is 14.7 Å². The van der Waals surface area contributed by atoms with Crippen molar-refractivity contribution in [2.24, 2.45) is 0 Å². The number of hydrogen-bond acceptors (Lipinski definition) is 6. The van der Waals surface area contributed by atoms with Crippen LogP contribution in [-0.4, -0.2) is 55.0 Å². The Labute approximate surface area is 195 Å². The first kappa shape index (κ1) is 25.1. The van der Waals surface area contributed by atoms with Crippen molar-refractivity contribution >= 4 is 22.8 Å². The van der Waals surface area contributed by atoms with Crippen LogP contribution in [0.5, 0.6) is 5.75 Å². The molecule has 8 nitrogen and oxygen atoms in total. The van der Waals surface area contributed by atoms with Gasteiger partial charge in [-0.15, -0.1) is 0 Å². The first-order valence-corrected chi connectivity index (χ1v) is 11.9. The highest BCUT2D eigenvalue weighted by atomic mass is 16.5. The summed E-state index contributed by atoms with van der Waals surface area (Å²) in [5.74, 6) is -1.22. The number of aromatic amines is 1. The highest BCUT2D eigenvalue weighted by Crippen LogP contribution is 2.40. The Bertz CT molecular complexity index is 940. The maximum absolute atomic E-state index is 12.7. The Kier molecular flexibility index (Phi) is 9.14. The number of aliphatic carboxylic acids is 1. The van der Waals surface area contributed by atoms with Gasteiger partial charge in [-0.2, -0.15) is 0 Å². The number of carbonyl (C=O) groups excluding carboxylic acids is 1. The zero-order valence-corrected chi connectivity index (χ0v) is 19.8. The fraction of sp³-hybridized carbons (Fsp3) is 0.600. The summed E-state index contributed by atoms with van der Waals surface area (Å²) in [5.41, 5.74) is 2.10. The van der Waals surface area contributed by atoms with Gasteiger partial charge >= 0.3 is 11.9 Å². The summed E-state index contributed by atoms with van der Waals surface area (Å²) in [4.78, 5) is 28.0. The number of carbonyl (C=O) groups is 2. The van der Waals surface area contributed by atoms with Gasteiger partial charge in [0.1, 0.15) is 17.8 Å². The smallest absolute Gasteiger partial charge is 0.326 e. The zero-order chi connectivity index (χ0) is 23.8. The lowest BCUT2D eigenvalue weighted by atomic mass is 9.83. The van der Waals surface area contributed by atoms with Crippen LogP contribution in [0.2, 0.25) is 0 Å². The first-order valence-electron chi connectivity index (χ1n) is 11.9. The fourth-order valence-corrected chi connectivity index (χ4v) is 4.57. The summed E-state index contributed by atoms with van der Waals surface area (Å²) in [6, 6.07) is 3.83. The molecule has 2 aromatic rings. The van der Waals surface area contributed by atoms with E-state index in [1.807, 2.05) is 18.2 Å². The second kappa shape index (κ2) is 12.0. The van der Waals surface area contributed by atoms with Gasteiger partial charge in [0.2, 0.25) is 0 Å². The number of unbranched alkanes of at least 4 members (excludes halogenated alkanes) is 5. The first-order chi connectivity index (χ1) is 16.0. The highest BCUT2D eigenvalue weighted by molar-refractivity contribution is 5.92. The molecule has 0 fully saturated rings. The van der Waals surface area contributed by atoms with E-state index in [0.717, 1.165) is 35.1 Å². The van der Waals surface area contributed by atoms with E-state index in [-0.39, 0.29) is 13.2 Å². The number of aromatic nitrogens is 1. The Balaban J connectivity index is 1.87. The monoisotopic (exact) mass is 460 g/mol. The van der Waals surface area contributed by atoms with Crippen LogP contribution in [0.15, 0.2) is 18.2 Å². The summed E-state index contributed by atoms with van der Waals surface area (Å²) in [7, 11) is 1.56. The van der Waals surface area contributed by atoms with Crippen molar-refractivity contribution in [3.63, 3.8) is 0 Å². The second-order valence-corrected chi connectivity index (χ2v) is 8.51. The molecule has 3 unspecified atom stereocenters. The lowest BCUT2D eigenvalue weighted by Crippen LogP contribution is -2.51. The summed E-state index contributed by atoms with van der Waals surface area (Å²) in [6.45, 7) is 5.03. The molecule has 0 amide bonds. The minimum Gasteiger partial charge on any atom is -0.494 e. The van der Waals surface area contributed by atoms with Crippen LogP contribution in [0.3, 0.4) is 0 Å². The third-order valence-corrected chi connectivity index (χ3v) is 6.15. The average molecular weight is 461 g/mol. The lowest BCUT2D eigenvalue weighted by Gasteiger charge is -2.34. The van der Waals surface area contributed by atoms with Gasteiger partial charge in [0.15, 0.2) is 0 Å². The number of esters is 1. The molecule has 0 bridgehead atoms. The summed E-state index contributed by atoms with van der Waals surface area (Å²) < 4.78 is 16.6. The van der Waals surface area contributed by atoms with Crippen LogP contribution < -0.4 is 10.1 Å². The number of ether oxygens (including phenoxy) is 3. The van der Waals surface area contributed by atoms with Crippen molar-refractivity contribution in [1.29, 1.82) is 0 Å². The maximum Gasteiger partial charge on any atom is 0.326 e. The Hall–Kier alpha value is -2.58. The number of methoxy groups -OCH3 is 1. The van der Waals surface area contributed by atoms with Crippen LogP contribution in [-0.2, 0) is 19.1 Å². The molecule has 1 aromatic heterocycles. The fourth-order valence-electron chi connectivity index (χ4n) is 4.57. The Morgan fingerprint density at radius 1 is 1.09 bits per heavy atom. The van der Waals surface area contributed by atoms with Crippen molar-refractivity contribution in [1.82, 2.24) is 10.3 Å². The summed E-state index contributed by atoms with van der Waals surface area (Å²) in [5, 5.41) is 13.6. The van der Waals surface area contributed by atoms with Gasteiger partial charge in [0.05, 0.1) is 19.8 Å². The van der Waals surface area contributed by atoms with Crippen LogP contribution in [0.25, 0.3) is 10.9 Å².